The number of ether oxygens (including phenoxy) is 2. The van der Waals surface area contributed by atoms with Gasteiger partial charge in [-0.1, -0.05) is 54.6 Å². The molecule has 1 amide bonds. The summed E-state index contributed by atoms with van der Waals surface area (Å²) in [5, 5.41) is 0.194. The zero-order valence-electron chi connectivity index (χ0n) is 20.6. The lowest BCUT2D eigenvalue weighted by Gasteiger charge is -2.15. The van der Waals surface area contributed by atoms with Crippen LogP contribution in [-0.2, 0) is 16.1 Å². The number of carbonyl (C=O) groups is 2. The van der Waals surface area contributed by atoms with Crippen LogP contribution in [0.25, 0.3) is 16.7 Å². The molecule has 0 bridgehead atoms. The van der Waals surface area contributed by atoms with E-state index < -0.39 is 11.9 Å². The summed E-state index contributed by atoms with van der Waals surface area (Å²) in [7, 11) is 0. The Labute approximate surface area is 217 Å². The molecule has 9 heteroatoms. The first kappa shape index (κ1) is 24.6. The van der Waals surface area contributed by atoms with Crippen molar-refractivity contribution in [3.63, 3.8) is 0 Å². The van der Waals surface area contributed by atoms with Crippen LogP contribution in [0.2, 0.25) is 0 Å². The van der Waals surface area contributed by atoms with E-state index in [1.807, 2.05) is 36.4 Å². The topological polar surface area (TPSA) is 104 Å². The van der Waals surface area contributed by atoms with Gasteiger partial charge in [-0.25, -0.2) is 9.78 Å². The Bertz CT molecular complexity index is 1760. The first-order chi connectivity index (χ1) is 18.5. The molecule has 190 valence electrons. The largest absolute Gasteiger partial charge is 0.484 e. The number of aromatic nitrogens is 3. The van der Waals surface area contributed by atoms with Crippen molar-refractivity contribution in [3.05, 3.63) is 118 Å². The molecular weight excluding hydrogens is 484 g/mol. The molecule has 0 unspecified atom stereocenters. The summed E-state index contributed by atoms with van der Waals surface area (Å²) in [6.45, 7) is 1.64. The zero-order valence-corrected chi connectivity index (χ0v) is 20.6. The molecule has 0 spiro atoms. The van der Waals surface area contributed by atoms with Crippen molar-refractivity contribution in [1.82, 2.24) is 14.0 Å². The maximum atomic E-state index is 13.5. The van der Waals surface area contributed by atoms with Gasteiger partial charge in [-0.15, -0.1) is 0 Å². The standard InChI is InChI=1S/C29H24N4O5/c1-2-37-29(36)23-17-22-26(30-24-15-9-10-16-32(24)28(22)35)33(18-20-11-5-3-6-12-20)27(23)31-25(34)19-38-21-13-7-4-8-14-21/h3-17H,2,18-19H2,1H3. The Morgan fingerprint density at radius 3 is 2.39 bits per heavy atom. The van der Waals surface area contributed by atoms with Crippen LogP contribution < -0.4 is 15.8 Å². The number of nitrogens with zero attached hydrogens (tertiary/aromatic N) is 4. The van der Waals surface area contributed by atoms with E-state index in [-0.39, 0.29) is 47.4 Å². The molecule has 0 saturated carbocycles. The van der Waals surface area contributed by atoms with Crippen LogP contribution in [-0.4, -0.2) is 39.0 Å². The van der Waals surface area contributed by atoms with E-state index in [4.69, 9.17) is 14.5 Å². The number of para-hydroxylation sites is 1. The molecule has 0 atom stereocenters. The second-order valence-corrected chi connectivity index (χ2v) is 8.36. The molecule has 5 rings (SSSR count). The van der Waals surface area contributed by atoms with E-state index in [1.165, 1.54) is 10.5 Å². The van der Waals surface area contributed by atoms with Crippen molar-refractivity contribution in [2.75, 3.05) is 13.2 Å². The molecule has 0 aliphatic heterocycles. The number of carbonyl (C=O) groups excluding carboxylic acids is 2. The smallest absolute Gasteiger partial charge is 0.341 e. The van der Waals surface area contributed by atoms with Crippen LogP contribution >= 0.6 is 0 Å². The van der Waals surface area contributed by atoms with Gasteiger partial charge in [0.05, 0.1) is 18.5 Å². The highest BCUT2D eigenvalue weighted by molar-refractivity contribution is 5.93. The van der Waals surface area contributed by atoms with Crippen molar-refractivity contribution < 1.29 is 19.1 Å². The van der Waals surface area contributed by atoms with Crippen molar-refractivity contribution in [2.24, 2.45) is 4.99 Å². The van der Waals surface area contributed by atoms with Gasteiger partial charge >= 0.3 is 5.97 Å². The van der Waals surface area contributed by atoms with Crippen LogP contribution in [0.5, 0.6) is 5.75 Å². The fourth-order valence-corrected chi connectivity index (χ4v) is 4.09. The van der Waals surface area contributed by atoms with E-state index >= 15 is 0 Å². The van der Waals surface area contributed by atoms with Gasteiger partial charge in [-0.2, -0.15) is 4.99 Å². The lowest BCUT2D eigenvalue weighted by atomic mass is 10.1. The van der Waals surface area contributed by atoms with E-state index in [2.05, 4.69) is 4.99 Å². The van der Waals surface area contributed by atoms with Crippen molar-refractivity contribution in [2.45, 2.75) is 13.5 Å². The fourth-order valence-electron chi connectivity index (χ4n) is 4.09. The Kier molecular flexibility index (Phi) is 7.08. The lowest BCUT2D eigenvalue weighted by molar-refractivity contribution is -0.120. The Hall–Kier alpha value is -5.05. The number of hydrogen-bond donors (Lipinski definition) is 0. The number of benzene rings is 2. The number of esters is 1. The maximum absolute atomic E-state index is 13.5. The zero-order chi connectivity index (χ0) is 26.5. The fraction of sp³-hybridized carbons (Fsp3) is 0.138. The van der Waals surface area contributed by atoms with Crippen molar-refractivity contribution in [1.29, 1.82) is 0 Å². The van der Waals surface area contributed by atoms with Gasteiger partial charge in [0, 0.05) is 6.20 Å². The van der Waals surface area contributed by atoms with Crippen molar-refractivity contribution in [3.8, 4) is 5.75 Å². The average Bonchev–Trinajstić information content (AvgIpc) is 2.94. The molecule has 3 aromatic heterocycles. The van der Waals surface area contributed by atoms with Crippen LogP contribution in [0.3, 0.4) is 0 Å². The molecular formula is C29H24N4O5. The third-order valence-corrected chi connectivity index (χ3v) is 5.80. The summed E-state index contributed by atoms with van der Waals surface area (Å²) in [4.78, 5) is 48.5. The molecule has 0 saturated heterocycles. The van der Waals surface area contributed by atoms with E-state index in [0.29, 0.717) is 11.4 Å². The van der Waals surface area contributed by atoms with Gasteiger partial charge in [0.15, 0.2) is 12.1 Å². The van der Waals surface area contributed by atoms with Gasteiger partial charge < -0.3 is 14.0 Å². The molecule has 0 aliphatic rings. The third kappa shape index (κ3) is 5.08. The lowest BCUT2D eigenvalue weighted by Crippen LogP contribution is -2.33. The minimum Gasteiger partial charge on any atom is -0.484 e. The molecule has 2 aromatic carbocycles. The molecule has 0 fully saturated rings. The quantitative estimate of drug-likeness (QED) is 0.247. The molecule has 9 nitrogen and oxygen atoms in total. The van der Waals surface area contributed by atoms with Gasteiger partial charge in [0.25, 0.3) is 11.5 Å². The van der Waals surface area contributed by atoms with E-state index in [9.17, 15) is 14.4 Å². The molecule has 3 heterocycles. The number of pyridine rings is 2. The molecule has 0 radical (unpaired) electrons. The molecule has 38 heavy (non-hydrogen) atoms. The number of amides is 1. The average molecular weight is 509 g/mol. The second-order valence-electron chi connectivity index (χ2n) is 8.36. The van der Waals surface area contributed by atoms with Gasteiger partial charge in [-0.3, -0.25) is 14.0 Å². The number of rotatable bonds is 7. The summed E-state index contributed by atoms with van der Waals surface area (Å²) in [5.41, 5.74) is 1.23. The number of fused-ring (bicyclic) bond motifs is 2. The molecule has 0 N–H and O–H groups in total. The predicted octanol–water partition coefficient (Wildman–Crippen LogP) is 3.38. The first-order valence-corrected chi connectivity index (χ1v) is 12.1. The maximum Gasteiger partial charge on any atom is 0.341 e. The monoisotopic (exact) mass is 508 g/mol. The Balaban J connectivity index is 1.76. The van der Waals surface area contributed by atoms with Crippen LogP contribution in [0.4, 0.5) is 0 Å². The minimum atomic E-state index is -0.704. The molecule has 0 aliphatic carbocycles. The highest BCUT2D eigenvalue weighted by atomic mass is 16.5. The minimum absolute atomic E-state index is 0.0156. The van der Waals surface area contributed by atoms with Crippen LogP contribution in [0, 0.1) is 0 Å². The SMILES string of the molecule is CCOC(=O)c1cc2c(=O)n3ccccc3nc2n(Cc2ccccc2)c1=NC(=O)COc1ccccc1. The summed E-state index contributed by atoms with van der Waals surface area (Å²) in [6, 6.07) is 24.9. The van der Waals surface area contributed by atoms with Crippen LogP contribution in [0.15, 0.2) is 101 Å². The summed E-state index contributed by atoms with van der Waals surface area (Å²) in [5.74, 6) is -0.805. The predicted molar refractivity (Wildman–Crippen MR) is 141 cm³/mol. The van der Waals surface area contributed by atoms with E-state index in [1.54, 1.807) is 60.2 Å². The highest BCUT2D eigenvalue weighted by Gasteiger charge is 2.20. The van der Waals surface area contributed by atoms with Crippen molar-refractivity contribution >= 4 is 28.6 Å². The van der Waals surface area contributed by atoms with Gasteiger partial charge in [-0.05, 0) is 42.8 Å². The van der Waals surface area contributed by atoms with Gasteiger partial charge in [0.1, 0.15) is 22.6 Å². The Morgan fingerprint density at radius 2 is 1.66 bits per heavy atom. The summed E-state index contributed by atoms with van der Waals surface area (Å²) >= 11 is 0. The summed E-state index contributed by atoms with van der Waals surface area (Å²) < 4.78 is 13.9. The third-order valence-electron chi connectivity index (χ3n) is 5.80. The molecule has 5 aromatic rings. The normalized spacial score (nSPS) is 11.6. The van der Waals surface area contributed by atoms with Gasteiger partial charge in [0.2, 0.25) is 0 Å². The second kappa shape index (κ2) is 10.9. The summed E-state index contributed by atoms with van der Waals surface area (Å²) in [6.07, 6.45) is 1.61. The number of hydrogen-bond acceptors (Lipinski definition) is 6. The van der Waals surface area contributed by atoms with E-state index in [0.717, 1.165) is 5.56 Å². The Morgan fingerprint density at radius 1 is 0.947 bits per heavy atom. The highest BCUT2D eigenvalue weighted by Crippen LogP contribution is 2.14. The van der Waals surface area contributed by atoms with Crippen LogP contribution in [0.1, 0.15) is 22.8 Å². The first-order valence-electron chi connectivity index (χ1n) is 12.1.